The third-order valence-electron chi connectivity index (χ3n) is 5.94. The number of likely N-dealkylation sites (tertiary alicyclic amines) is 1. The summed E-state index contributed by atoms with van der Waals surface area (Å²) in [5.41, 5.74) is 1.79. The molecule has 1 aliphatic heterocycles. The van der Waals surface area contributed by atoms with E-state index >= 15 is 0 Å². The summed E-state index contributed by atoms with van der Waals surface area (Å²) >= 11 is 0. The van der Waals surface area contributed by atoms with Crippen LogP contribution in [-0.2, 0) is 22.7 Å². The molecule has 0 unspecified atom stereocenters. The van der Waals surface area contributed by atoms with Crippen LogP contribution in [0.15, 0.2) is 24.3 Å². The Morgan fingerprint density at radius 3 is 2.54 bits per heavy atom. The predicted octanol–water partition coefficient (Wildman–Crippen LogP) is 3.35. The van der Waals surface area contributed by atoms with Crippen molar-refractivity contribution in [3.05, 3.63) is 30.1 Å². The van der Waals surface area contributed by atoms with E-state index in [0.29, 0.717) is 12.5 Å². The maximum Gasteiger partial charge on any atom is 0.242 e. The Morgan fingerprint density at radius 2 is 1.86 bits per heavy atom. The normalized spacial score (nSPS) is 15.4. The van der Waals surface area contributed by atoms with Crippen LogP contribution in [0.1, 0.15) is 52.3 Å². The molecule has 0 saturated carbocycles. The first-order chi connectivity index (χ1) is 13.5. The summed E-state index contributed by atoms with van der Waals surface area (Å²) in [6.45, 7) is 8.56. The van der Waals surface area contributed by atoms with Gasteiger partial charge in [0.15, 0.2) is 0 Å². The third kappa shape index (κ3) is 4.54. The molecule has 1 aliphatic rings. The second-order valence-electron chi connectivity index (χ2n) is 7.90. The molecule has 1 aromatic carbocycles. The fraction of sp³-hybridized carbons (Fsp3) is 0.591. The summed E-state index contributed by atoms with van der Waals surface area (Å²) in [4.78, 5) is 31.9. The van der Waals surface area contributed by atoms with Crippen LogP contribution < -0.4 is 5.32 Å². The van der Waals surface area contributed by atoms with Crippen LogP contribution >= 0.6 is 0 Å². The molecule has 1 aromatic heterocycles. The Labute approximate surface area is 167 Å². The van der Waals surface area contributed by atoms with Gasteiger partial charge in [-0.15, -0.1) is 0 Å². The first-order valence-electron chi connectivity index (χ1n) is 10.5. The van der Waals surface area contributed by atoms with Gasteiger partial charge >= 0.3 is 0 Å². The number of para-hydroxylation sites is 2. The first-order valence-corrected chi connectivity index (χ1v) is 10.5. The summed E-state index contributed by atoms with van der Waals surface area (Å²) in [6, 6.07) is 7.84. The van der Waals surface area contributed by atoms with Crippen LogP contribution in [0.3, 0.4) is 0 Å². The summed E-state index contributed by atoms with van der Waals surface area (Å²) in [5.74, 6) is 1.63. The molecule has 1 N–H and O–H groups in total. The highest BCUT2D eigenvalue weighted by molar-refractivity contribution is 5.82. The highest BCUT2D eigenvalue weighted by atomic mass is 16.2. The maximum atomic E-state index is 12.9. The average Bonchev–Trinajstić information content (AvgIpc) is 3.05. The summed E-state index contributed by atoms with van der Waals surface area (Å²) in [6.07, 6.45) is 3.78. The summed E-state index contributed by atoms with van der Waals surface area (Å²) in [7, 11) is 0. The monoisotopic (exact) mass is 384 g/mol. The summed E-state index contributed by atoms with van der Waals surface area (Å²) in [5, 5.41) is 3.01. The van der Waals surface area contributed by atoms with Gasteiger partial charge in [0.1, 0.15) is 12.4 Å². The number of amides is 2. The number of nitrogens with zero attached hydrogens (tertiary/aromatic N) is 3. The van der Waals surface area contributed by atoms with Crippen molar-refractivity contribution in [2.75, 3.05) is 13.1 Å². The Kier molecular flexibility index (Phi) is 6.70. The number of imidazole rings is 1. The van der Waals surface area contributed by atoms with Crippen molar-refractivity contribution in [1.82, 2.24) is 19.8 Å². The third-order valence-corrected chi connectivity index (χ3v) is 5.94. The number of fused-ring (bicyclic) bond motifs is 1. The average molecular weight is 385 g/mol. The molecular weight excluding hydrogens is 352 g/mol. The predicted molar refractivity (Wildman–Crippen MR) is 111 cm³/mol. The van der Waals surface area contributed by atoms with Crippen molar-refractivity contribution in [2.24, 2.45) is 11.8 Å². The van der Waals surface area contributed by atoms with Crippen LogP contribution in [-0.4, -0.2) is 39.4 Å². The number of carbonyl (C=O) groups excluding carboxylic acids is 2. The van der Waals surface area contributed by atoms with Gasteiger partial charge in [0, 0.05) is 19.0 Å². The molecule has 6 nitrogen and oxygen atoms in total. The highest BCUT2D eigenvalue weighted by Crippen LogP contribution is 2.19. The molecule has 3 rings (SSSR count). The number of aromatic nitrogens is 2. The molecule has 0 spiro atoms. The van der Waals surface area contributed by atoms with Gasteiger partial charge in [0.2, 0.25) is 11.8 Å². The van der Waals surface area contributed by atoms with E-state index < -0.39 is 0 Å². The molecule has 0 bridgehead atoms. The van der Waals surface area contributed by atoms with Gasteiger partial charge in [-0.05, 0) is 43.7 Å². The molecule has 1 saturated heterocycles. The molecule has 152 valence electrons. The lowest BCUT2D eigenvalue weighted by molar-refractivity contribution is -0.133. The van der Waals surface area contributed by atoms with E-state index in [4.69, 9.17) is 0 Å². The molecule has 1 fully saturated rings. The number of carbonyl (C=O) groups is 2. The Hall–Kier alpha value is -2.37. The first kappa shape index (κ1) is 20.4. The Balaban J connectivity index is 1.77. The number of hydrogen-bond acceptors (Lipinski definition) is 3. The van der Waals surface area contributed by atoms with E-state index in [1.807, 2.05) is 47.6 Å². The van der Waals surface area contributed by atoms with Gasteiger partial charge in [0.05, 0.1) is 17.6 Å². The molecule has 2 heterocycles. The topological polar surface area (TPSA) is 67.2 Å². The number of rotatable bonds is 7. The number of piperidine rings is 1. The molecule has 2 aromatic rings. The zero-order chi connectivity index (χ0) is 20.1. The van der Waals surface area contributed by atoms with E-state index in [0.717, 1.165) is 55.6 Å². The standard InChI is InChI=1S/C22H32N4O2/c1-4-17(5-2)22(28)23-14-20-24-18-8-6-7-9-19(18)26(20)15-21(27)25-12-10-16(3)11-13-25/h6-9,16-17H,4-5,10-15H2,1-3H3,(H,23,28). The number of nitrogens with one attached hydrogen (secondary N) is 1. The zero-order valence-electron chi connectivity index (χ0n) is 17.3. The lowest BCUT2D eigenvalue weighted by Gasteiger charge is -2.30. The smallest absolute Gasteiger partial charge is 0.242 e. The molecular formula is C22H32N4O2. The molecule has 0 aliphatic carbocycles. The highest BCUT2D eigenvalue weighted by Gasteiger charge is 2.23. The van der Waals surface area contributed by atoms with Crippen molar-refractivity contribution in [3.63, 3.8) is 0 Å². The van der Waals surface area contributed by atoms with Crippen molar-refractivity contribution < 1.29 is 9.59 Å². The fourth-order valence-electron chi connectivity index (χ4n) is 3.90. The summed E-state index contributed by atoms with van der Waals surface area (Å²) < 4.78 is 1.96. The fourth-order valence-corrected chi connectivity index (χ4v) is 3.90. The quantitative estimate of drug-likeness (QED) is 0.796. The van der Waals surface area contributed by atoms with E-state index in [-0.39, 0.29) is 24.3 Å². The van der Waals surface area contributed by atoms with Crippen LogP contribution in [0.4, 0.5) is 0 Å². The number of hydrogen-bond donors (Lipinski definition) is 1. The van der Waals surface area contributed by atoms with Crippen LogP contribution in [0.5, 0.6) is 0 Å². The van der Waals surface area contributed by atoms with Gasteiger partial charge in [0.25, 0.3) is 0 Å². The van der Waals surface area contributed by atoms with Gasteiger partial charge in [-0.3, -0.25) is 9.59 Å². The van der Waals surface area contributed by atoms with Crippen molar-refractivity contribution in [3.8, 4) is 0 Å². The van der Waals surface area contributed by atoms with E-state index in [1.54, 1.807) is 0 Å². The van der Waals surface area contributed by atoms with Crippen LogP contribution in [0.25, 0.3) is 11.0 Å². The lowest BCUT2D eigenvalue weighted by Crippen LogP contribution is -2.40. The molecule has 6 heteroatoms. The maximum absolute atomic E-state index is 12.9. The van der Waals surface area contributed by atoms with Crippen molar-refractivity contribution in [2.45, 2.75) is 59.5 Å². The molecule has 0 radical (unpaired) electrons. The molecule has 28 heavy (non-hydrogen) atoms. The molecule has 2 amide bonds. The van der Waals surface area contributed by atoms with Gasteiger partial charge in [-0.2, -0.15) is 0 Å². The van der Waals surface area contributed by atoms with Crippen molar-refractivity contribution in [1.29, 1.82) is 0 Å². The van der Waals surface area contributed by atoms with Crippen molar-refractivity contribution >= 4 is 22.8 Å². The second kappa shape index (κ2) is 9.22. The second-order valence-corrected chi connectivity index (χ2v) is 7.90. The SMILES string of the molecule is CCC(CC)C(=O)NCc1nc2ccccc2n1CC(=O)N1CCC(C)CC1. The Bertz CT molecular complexity index is 817. The van der Waals surface area contributed by atoms with E-state index in [1.165, 1.54) is 0 Å². The largest absolute Gasteiger partial charge is 0.349 e. The van der Waals surface area contributed by atoms with Gasteiger partial charge in [-0.25, -0.2) is 4.98 Å². The van der Waals surface area contributed by atoms with E-state index in [2.05, 4.69) is 17.2 Å². The lowest BCUT2D eigenvalue weighted by atomic mass is 9.99. The minimum Gasteiger partial charge on any atom is -0.349 e. The van der Waals surface area contributed by atoms with Gasteiger partial charge < -0.3 is 14.8 Å². The van der Waals surface area contributed by atoms with Crippen LogP contribution in [0, 0.1) is 11.8 Å². The molecule has 0 atom stereocenters. The minimum atomic E-state index is 0.0230. The Morgan fingerprint density at radius 1 is 1.18 bits per heavy atom. The minimum absolute atomic E-state index is 0.0230. The van der Waals surface area contributed by atoms with Crippen LogP contribution in [0.2, 0.25) is 0 Å². The van der Waals surface area contributed by atoms with E-state index in [9.17, 15) is 9.59 Å². The van der Waals surface area contributed by atoms with Gasteiger partial charge in [-0.1, -0.05) is 32.9 Å². The zero-order valence-corrected chi connectivity index (χ0v) is 17.3. The number of benzene rings is 1.